The van der Waals surface area contributed by atoms with E-state index in [4.69, 9.17) is 0 Å². The molecule has 0 spiro atoms. The van der Waals surface area contributed by atoms with Gasteiger partial charge >= 0.3 is 0 Å². The van der Waals surface area contributed by atoms with Crippen LogP contribution in [0, 0.1) is 13.8 Å². The lowest BCUT2D eigenvalue weighted by Gasteiger charge is -2.15. The van der Waals surface area contributed by atoms with Gasteiger partial charge in [-0.25, -0.2) is 0 Å². The molecule has 0 atom stereocenters. The standard InChI is InChI=1S/C17H29N5/c1-13-16(14(2)22(4)21-13)12-20-17(18-3)19-11-10-15-8-6-5-7-9-15/h8H,5-7,9-12H2,1-4H3,(H2,18,19,20). The van der Waals surface area contributed by atoms with Gasteiger partial charge in [-0.05, 0) is 46.0 Å². The number of guanidine groups is 1. The molecule has 5 heteroatoms. The largest absolute Gasteiger partial charge is 0.356 e. The predicted octanol–water partition coefficient (Wildman–Crippen LogP) is 2.59. The Balaban J connectivity index is 1.79. The van der Waals surface area contributed by atoms with E-state index >= 15 is 0 Å². The molecule has 2 rings (SSSR count). The highest BCUT2D eigenvalue weighted by atomic mass is 15.3. The van der Waals surface area contributed by atoms with Gasteiger partial charge in [0.05, 0.1) is 5.69 Å². The van der Waals surface area contributed by atoms with Crippen LogP contribution in [0.4, 0.5) is 0 Å². The first-order valence-corrected chi connectivity index (χ1v) is 8.23. The molecule has 1 aliphatic rings. The number of aliphatic imine (C=N–C) groups is 1. The number of hydrogen-bond acceptors (Lipinski definition) is 2. The van der Waals surface area contributed by atoms with Crippen LogP contribution >= 0.6 is 0 Å². The third-order valence-corrected chi connectivity index (χ3v) is 4.44. The van der Waals surface area contributed by atoms with Crippen molar-refractivity contribution in [2.75, 3.05) is 13.6 Å². The molecule has 1 aromatic rings. The summed E-state index contributed by atoms with van der Waals surface area (Å²) in [7, 11) is 3.80. The summed E-state index contributed by atoms with van der Waals surface area (Å²) in [5, 5.41) is 11.2. The van der Waals surface area contributed by atoms with Crippen LogP contribution in [0.1, 0.15) is 49.1 Å². The van der Waals surface area contributed by atoms with Gasteiger partial charge in [-0.2, -0.15) is 5.10 Å². The van der Waals surface area contributed by atoms with Crippen LogP contribution in [0.15, 0.2) is 16.6 Å². The van der Waals surface area contributed by atoms with E-state index in [1.165, 1.54) is 36.9 Å². The summed E-state index contributed by atoms with van der Waals surface area (Å²) in [5.74, 6) is 0.860. The average molecular weight is 303 g/mol. The molecule has 2 N–H and O–H groups in total. The van der Waals surface area contributed by atoms with Gasteiger partial charge in [0, 0.05) is 38.4 Å². The molecule has 0 saturated carbocycles. The molecule has 1 aliphatic carbocycles. The van der Waals surface area contributed by atoms with Crippen LogP contribution in [0.3, 0.4) is 0 Å². The Morgan fingerprint density at radius 1 is 1.32 bits per heavy atom. The minimum atomic E-state index is 0.758. The third kappa shape index (κ3) is 4.36. The Labute approximate surface area is 133 Å². The zero-order valence-corrected chi connectivity index (χ0v) is 14.4. The lowest BCUT2D eigenvalue weighted by atomic mass is 9.97. The molecule has 1 heterocycles. The number of nitrogens with one attached hydrogen (secondary N) is 2. The predicted molar refractivity (Wildman–Crippen MR) is 92.1 cm³/mol. The molecule has 0 unspecified atom stereocenters. The first-order chi connectivity index (χ1) is 10.6. The van der Waals surface area contributed by atoms with Gasteiger partial charge in [-0.3, -0.25) is 9.67 Å². The van der Waals surface area contributed by atoms with Gasteiger partial charge in [0.25, 0.3) is 0 Å². The minimum Gasteiger partial charge on any atom is -0.356 e. The van der Waals surface area contributed by atoms with Crippen LogP contribution < -0.4 is 10.6 Å². The van der Waals surface area contributed by atoms with Crippen molar-refractivity contribution in [3.8, 4) is 0 Å². The zero-order chi connectivity index (χ0) is 15.9. The Hall–Kier alpha value is -1.78. The maximum atomic E-state index is 4.45. The van der Waals surface area contributed by atoms with Crippen LogP contribution in [0.5, 0.6) is 0 Å². The second kappa shape index (κ2) is 8.01. The van der Waals surface area contributed by atoms with Gasteiger partial charge in [0.1, 0.15) is 0 Å². The van der Waals surface area contributed by atoms with Crippen LogP contribution in [0.25, 0.3) is 0 Å². The number of aryl methyl sites for hydroxylation is 2. The molecule has 0 radical (unpaired) electrons. The van der Waals surface area contributed by atoms with Crippen molar-refractivity contribution in [1.82, 2.24) is 20.4 Å². The van der Waals surface area contributed by atoms with Crippen LogP contribution in [-0.4, -0.2) is 29.3 Å². The summed E-state index contributed by atoms with van der Waals surface area (Å²) >= 11 is 0. The van der Waals surface area contributed by atoms with Crippen molar-refractivity contribution in [2.45, 2.75) is 52.5 Å². The Bertz CT molecular complexity index is 554. The normalized spacial score (nSPS) is 15.6. The summed E-state index contributed by atoms with van der Waals surface area (Å²) in [4.78, 5) is 4.30. The lowest BCUT2D eigenvalue weighted by Crippen LogP contribution is -2.37. The Morgan fingerprint density at radius 2 is 2.14 bits per heavy atom. The van der Waals surface area contributed by atoms with Crippen LogP contribution in [-0.2, 0) is 13.6 Å². The van der Waals surface area contributed by atoms with Crippen molar-refractivity contribution in [3.63, 3.8) is 0 Å². The van der Waals surface area contributed by atoms with E-state index in [0.29, 0.717) is 0 Å². The molecule has 122 valence electrons. The number of aromatic nitrogens is 2. The first kappa shape index (κ1) is 16.6. The monoisotopic (exact) mass is 303 g/mol. The lowest BCUT2D eigenvalue weighted by molar-refractivity contribution is 0.665. The molecular weight excluding hydrogens is 274 g/mol. The maximum absolute atomic E-state index is 4.45. The van der Waals surface area contributed by atoms with Crippen molar-refractivity contribution in [2.24, 2.45) is 12.0 Å². The fraction of sp³-hybridized carbons (Fsp3) is 0.647. The summed E-state index contributed by atoms with van der Waals surface area (Å²) in [6, 6.07) is 0. The number of allylic oxidation sites excluding steroid dienone is 1. The van der Waals surface area contributed by atoms with Gasteiger partial charge in [-0.1, -0.05) is 11.6 Å². The minimum absolute atomic E-state index is 0.758. The first-order valence-electron chi connectivity index (χ1n) is 8.23. The van der Waals surface area contributed by atoms with Crippen LogP contribution in [0.2, 0.25) is 0 Å². The van der Waals surface area contributed by atoms with Gasteiger partial charge < -0.3 is 10.6 Å². The highest BCUT2D eigenvalue weighted by Crippen LogP contribution is 2.19. The summed E-state index contributed by atoms with van der Waals surface area (Å²) in [6.07, 6.45) is 8.74. The van der Waals surface area contributed by atoms with Gasteiger partial charge in [0.2, 0.25) is 0 Å². The maximum Gasteiger partial charge on any atom is 0.191 e. The highest BCUT2D eigenvalue weighted by molar-refractivity contribution is 5.79. The molecule has 0 fully saturated rings. The molecule has 22 heavy (non-hydrogen) atoms. The van der Waals surface area contributed by atoms with E-state index in [2.05, 4.69) is 40.6 Å². The van der Waals surface area contributed by atoms with E-state index in [1.54, 1.807) is 5.57 Å². The molecule has 0 aliphatic heterocycles. The highest BCUT2D eigenvalue weighted by Gasteiger charge is 2.10. The van der Waals surface area contributed by atoms with Crippen molar-refractivity contribution < 1.29 is 0 Å². The van der Waals surface area contributed by atoms with E-state index in [1.807, 2.05) is 18.8 Å². The summed E-state index contributed by atoms with van der Waals surface area (Å²) in [5.41, 5.74) is 5.12. The number of nitrogens with zero attached hydrogens (tertiary/aromatic N) is 3. The second-order valence-electron chi connectivity index (χ2n) is 5.98. The fourth-order valence-corrected chi connectivity index (χ4v) is 2.94. The Kier molecular flexibility index (Phi) is 6.04. The molecular formula is C17H29N5. The van der Waals surface area contributed by atoms with Gasteiger partial charge in [-0.15, -0.1) is 0 Å². The van der Waals surface area contributed by atoms with E-state index < -0.39 is 0 Å². The van der Waals surface area contributed by atoms with Crippen molar-refractivity contribution >= 4 is 5.96 Å². The number of hydrogen-bond donors (Lipinski definition) is 2. The van der Waals surface area contributed by atoms with E-state index in [9.17, 15) is 0 Å². The molecule has 0 amide bonds. The topological polar surface area (TPSA) is 54.2 Å². The van der Waals surface area contributed by atoms with E-state index in [0.717, 1.165) is 31.2 Å². The molecule has 0 bridgehead atoms. The average Bonchev–Trinajstić information content (AvgIpc) is 2.77. The smallest absolute Gasteiger partial charge is 0.191 e. The molecule has 1 aromatic heterocycles. The molecule has 0 saturated heterocycles. The van der Waals surface area contributed by atoms with Crippen molar-refractivity contribution in [1.29, 1.82) is 0 Å². The fourth-order valence-electron chi connectivity index (χ4n) is 2.94. The SMILES string of the molecule is CN=C(NCCC1=CCCCC1)NCc1c(C)nn(C)c1C. The Morgan fingerprint density at radius 3 is 2.73 bits per heavy atom. The number of rotatable bonds is 5. The van der Waals surface area contributed by atoms with E-state index in [-0.39, 0.29) is 0 Å². The van der Waals surface area contributed by atoms with Crippen molar-refractivity contribution in [3.05, 3.63) is 28.6 Å². The zero-order valence-electron chi connectivity index (χ0n) is 14.4. The molecule has 0 aromatic carbocycles. The molecule has 5 nitrogen and oxygen atoms in total. The van der Waals surface area contributed by atoms with Gasteiger partial charge in [0.15, 0.2) is 5.96 Å². The summed E-state index contributed by atoms with van der Waals surface area (Å²) < 4.78 is 1.93. The summed E-state index contributed by atoms with van der Waals surface area (Å²) in [6.45, 7) is 5.85. The second-order valence-corrected chi connectivity index (χ2v) is 5.98. The third-order valence-electron chi connectivity index (χ3n) is 4.44. The quantitative estimate of drug-likeness (QED) is 0.499.